The summed E-state index contributed by atoms with van der Waals surface area (Å²) in [7, 11) is 0. The summed E-state index contributed by atoms with van der Waals surface area (Å²) in [5.74, 6) is -1.05. The Morgan fingerprint density at radius 3 is 2.37 bits per heavy atom. The number of morpholine rings is 1. The second-order valence-electron chi connectivity index (χ2n) is 7.60. The van der Waals surface area contributed by atoms with Crippen LogP contribution in [0.15, 0.2) is 30.3 Å². The number of ether oxygens (including phenoxy) is 1. The summed E-state index contributed by atoms with van der Waals surface area (Å²) < 4.78 is 5.32. The molecule has 2 amide bonds. The molecule has 0 bridgehead atoms. The largest absolute Gasteiger partial charge is 0.379 e. The molecule has 1 heterocycles. The number of hydrogen-bond donors (Lipinski definition) is 2. The highest BCUT2D eigenvalue weighted by molar-refractivity contribution is 6.35. The van der Waals surface area contributed by atoms with E-state index in [4.69, 9.17) is 4.74 Å². The monoisotopic (exact) mass is 373 g/mol. The first-order valence-corrected chi connectivity index (χ1v) is 10.1. The molecule has 1 aromatic carbocycles. The molecule has 0 spiro atoms. The first kappa shape index (κ1) is 19.8. The predicted octanol–water partition coefficient (Wildman–Crippen LogP) is 1.45. The Morgan fingerprint density at radius 1 is 1.00 bits per heavy atom. The summed E-state index contributed by atoms with van der Waals surface area (Å²) in [4.78, 5) is 26.6. The Labute approximate surface area is 161 Å². The molecule has 2 N–H and O–H groups in total. The molecule has 2 aliphatic rings. The van der Waals surface area contributed by atoms with E-state index in [2.05, 4.69) is 27.7 Å². The second-order valence-corrected chi connectivity index (χ2v) is 7.60. The molecule has 3 rings (SSSR count). The smallest absolute Gasteiger partial charge is 0.309 e. The second kappa shape index (κ2) is 9.85. The van der Waals surface area contributed by atoms with Gasteiger partial charge in [-0.3, -0.25) is 14.5 Å². The molecule has 0 aromatic heterocycles. The third-order valence-electron chi connectivity index (χ3n) is 5.78. The van der Waals surface area contributed by atoms with Crippen molar-refractivity contribution in [3.8, 4) is 0 Å². The van der Waals surface area contributed by atoms with Gasteiger partial charge < -0.3 is 15.4 Å². The lowest BCUT2D eigenvalue weighted by Gasteiger charge is -2.30. The molecule has 27 heavy (non-hydrogen) atoms. The lowest BCUT2D eigenvalue weighted by atomic mass is 9.79. The number of nitrogens with zero attached hydrogens (tertiary/aromatic N) is 1. The Bertz CT molecular complexity index is 608. The highest BCUT2D eigenvalue weighted by atomic mass is 16.5. The molecule has 1 saturated heterocycles. The van der Waals surface area contributed by atoms with Crippen LogP contribution in [0.5, 0.6) is 0 Å². The molecule has 0 atom stereocenters. The first-order valence-electron chi connectivity index (χ1n) is 10.1. The summed E-state index contributed by atoms with van der Waals surface area (Å²) in [6.45, 7) is 5.40. The minimum Gasteiger partial charge on any atom is -0.379 e. The molecule has 0 unspecified atom stereocenters. The van der Waals surface area contributed by atoms with E-state index >= 15 is 0 Å². The van der Waals surface area contributed by atoms with Gasteiger partial charge in [0.2, 0.25) is 0 Å². The van der Waals surface area contributed by atoms with Crippen LogP contribution in [0.25, 0.3) is 0 Å². The van der Waals surface area contributed by atoms with Crippen LogP contribution in [-0.4, -0.2) is 62.7 Å². The zero-order chi connectivity index (χ0) is 19.0. The molecular formula is C21H31N3O3. The van der Waals surface area contributed by atoms with Crippen LogP contribution in [0.2, 0.25) is 0 Å². The zero-order valence-corrected chi connectivity index (χ0v) is 16.0. The molecule has 2 fully saturated rings. The quantitative estimate of drug-likeness (QED) is 0.561. The van der Waals surface area contributed by atoms with E-state index in [-0.39, 0.29) is 5.41 Å². The lowest BCUT2D eigenvalue weighted by molar-refractivity contribution is -0.139. The van der Waals surface area contributed by atoms with E-state index < -0.39 is 11.8 Å². The van der Waals surface area contributed by atoms with Crippen molar-refractivity contribution < 1.29 is 14.3 Å². The van der Waals surface area contributed by atoms with Crippen molar-refractivity contribution in [2.75, 3.05) is 45.9 Å². The van der Waals surface area contributed by atoms with E-state index in [9.17, 15) is 9.59 Å². The van der Waals surface area contributed by atoms with Gasteiger partial charge in [0.05, 0.1) is 13.2 Å². The molecule has 1 saturated carbocycles. The Hall–Kier alpha value is -1.92. The summed E-state index contributed by atoms with van der Waals surface area (Å²) >= 11 is 0. The average molecular weight is 373 g/mol. The first-order chi connectivity index (χ1) is 13.2. The number of hydrogen-bond acceptors (Lipinski definition) is 4. The molecule has 148 valence electrons. The van der Waals surface area contributed by atoms with Crippen molar-refractivity contribution in [3.05, 3.63) is 35.9 Å². The Morgan fingerprint density at radius 2 is 1.67 bits per heavy atom. The maximum Gasteiger partial charge on any atom is 0.309 e. The van der Waals surface area contributed by atoms with Crippen molar-refractivity contribution in [3.63, 3.8) is 0 Å². The van der Waals surface area contributed by atoms with E-state index in [1.165, 1.54) is 18.4 Å². The molecular weight excluding hydrogens is 342 g/mol. The highest BCUT2D eigenvalue weighted by Crippen LogP contribution is 2.40. The number of rotatable bonds is 7. The van der Waals surface area contributed by atoms with Gasteiger partial charge in [-0.1, -0.05) is 43.2 Å². The fourth-order valence-electron chi connectivity index (χ4n) is 4.15. The van der Waals surface area contributed by atoms with Crippen molar-refractivity contribution >= 4 is 11.8 Å². The molecule has 1 aliphatic heterocycles. The number of nitrogens with one attached hydrogen (secondary N) is 2. The van der Waals surface area contributed by atoms with Crippen molar-refractivity contribution in [2.24, 2.45) is 0 Å². The fraction of sp³-hybridized carbons (Fsp3) is 0.619. The van der Waals surface area contributed by atoms with Gasteiger partial charge in [-0.15, -0.1) is 0 Å². The molecule has 0 radical (unpaired) electrons. The van der Waals surface area contributed by atoms with E-state index in [1.807, 2.05) is 18.2 Å². The number of amides is 2. The topological polar surface area (TPSA) is 70.7 Å². The van der Waals surface area contributed by atoms with Crippen LogP contribution in [0.1, 0.15) is 37.7 Å². The molecule has 1 aromatic rings. The van der Waals surface area contributed by atoms with Gasteiger partial charge in [0.1, 0.15) is 0 Å². The Balaban J connectivity index is 1.40. The SMILES string of the molecule is O=C(NCCCN1CCOCC1)C(=O)NCC1(c2ccccc2)CCCC1. The lowest BCUT2D eigenvalue weighted by Crippen LogP contribution is -2.46. The minimum atomic E-state index is -0.529. The van der Waals surface area contributed by atoms with Gasteiger partial charge in [0.15, 0.2) is 0 Å². The van der Waals surface area contributed by atoms with Crippen LogP contribution in [-0.2, 0) is 19.7 Å². The van der Waals surface area contributed by atoms with Gasteiger partial charge >= 0.3 is 11.8 Å². The number of carbonyl (C=O) groups is 2. The maximum atomic E-state index is 12.2. The summed E-state index contributed by atoms with van der Waals surface area (Å²) in [6.07, 6.45) is 5.28. The van der Waals surface area contributed by atoms with Crippen LogP contribution in [0, 0.1) is 0 Å². The maximum absolute atomic E-state index is 12.2. The van der Waals surface area contributed by atoms with Gasteiger partial charge in [0.25, 0.3) is 0 Å². The number of carbonyl (C=O) groups excluding carboxylic acids is 2. The van der Waals surface area contributed by atoms with E-state index in [0.29, 0.717) is 13.1 Å². The van der Waals surface area contributed by atoms with Crippen molar-refractivity contribution in [1.29, 1.82) is 0 Å². The highest BCUT2D eigenvalue weighted by Gasteiger charge is 2.36. The van der Waals surface area contributed by atoms with Crippen LogP contribution >= 0.6 is 0 Å². The average Bonchev–Trinajstić information content (AvgIpc) is 3.21. The predicted molar refractivity (Wildman–Crippen MR) is 104 cm³/mol. The van der Waals surface area contributed by atoms with E-state index in [0.717, 1.165) is 52.1 Å². The third kappa shape index (κ3) is 5.53. The fourth-order valence-corrected chi connectivity index (χ4v) is 4.15. The zero-order valence-electron chi connectivity index (χ0n) is 16.0. The van der Waals surface area contributed by atoms with Crippen molar-refractivity contribution in [2.45, 2.75) is 37.5 Å². The molecule has 1 aliphatic carbocycles. The van der Waals surface area contributed by atoms with E-state index in [1.54, 1.807) is 0 Å². The van der Waals surface area contributed by atoms with Crippen LogP contribution in [0.4, 0.5) is 0 Å². The summed E-state index contributed by atoms with van der Waals surface area (Å²) in [6, 6.07) is 10.3. The van der Waals surface area contributed by atoms with Gasteiger partial charge in [-0.25, -0.2) is 0 Å². The van der Waals surface area contributed by atoms with Crippen LogP contribution in [0.3, 0.4) is 0 Å². The Kier molecular flexibility index (Phi) is 7.24. The third-order valence-corrected chi connectivity index (χ3v) is 5.78. The minimum absolute atomic E-state index is 0.0342. The van der Waals surface area contributed by atoms with Gasteiger partial charge in [-0.05, 0) is 31.4 Å². The van der Waals surface area contributed by atoms with Gasteiger partial charge in [0, 0.05) is 31.6 Å². The van der Waals surface area contributed by atoms with Crippen LogP contribution < -0.4 is 10.6 Å². The number of benzene rings is 1. The summed E-state index contributed by atoms with van der Waals surface area (Å²) in [5.41, 5.74) is 1.22. The summed E-state index contributed by atoms with van der Waals surface area (Å²) in [5, 5.41) is 5.62. The normalized spacial score (nSPS) is 19.6. The van der Waals surface area contributed by atoms with Gasteiger partial charge in [-0.2, -0.15) is 0 Å². The molecule has 6 heteroatoms. The van der Waals surface area contributed by atoms with Crippen molar-refractivity contribution in [1.82, 2.24) is 15.5 Å². The molecule has 6 nitrogen and oxygen atoms in total. The standard InChI is InChI=1S/C21H31N3O3/c25-19(22-11-6-12-24-13-15-27-16-14-24)20(26)23-17-21(9-4-5-10-21)18-7-2-1-3-8-18/h1-3,7-8H,4-6,9-17H2,(H,22,25)(H,23,26).